The predicted molar refractivity (Wildman–Crippen MR) is 156 cm³/mol. The van der Waals surface area contributed by atoms with Crippen molar-refractivity contribution in [1.29, 1.82) is 0 Å². The highest BCUT2D eigenvalue weighted by Gasteiger charge is 2.43. The van der Waals surface area contributed by atoms with E-state index < -0.39 is 11.9 Å². The zero-order chi connectivity index (χ0) is 29.3. The molecule has 0 radical (unpaired) electrons. The van der Waals surface area contributed by atoms with Crippen LogP contribution in [0.25, 0.3) is 0 Å². The molecule has 1 aliphatic carbocycles. The van der Waals surface area contributed by atoms with Gasteiger partial charge < -0.3 is 20.0 Å². The molecule has 41 heavy (non-hydrogen) atoms. The molecule has 0 bridgehead atoms. The summed E-state index contributed by atoms with van der Waals surface area (Å²) in [4.78, 5) is 46.2. The van der Waals surface area contributed by atoms with Crippen LogP contribution >= 0.6 is 0 Å². The number of carboxylic acids is 1. The fraction of sp³-hybridized carbons (Fsp3) is 0.600. The number of nitrogens with one attached hydrogen (secondary N) is 1. The maximum absolute atomic E-state index is 13.8. The Kier molecular flexibility index (Phi) is 8.77. The van der Waals surface area contributed by atoms with Crippen LogP contribution in [0.1, 0.15) is 56.9 Å². The standard InChI is InChI=1S/C30H42N6O5/c1-19-24(17-33(2)3)29(40)36(22-11-15-35(16-12-22)21-7-8-21)30(41)27(19)32-31-25-6-4-5-23(28(25)39)20-9-13-34(14-10-20)18-26(37)38/h4-6,20-22,31,39H,7-18H2,1-3H3,(H,37,38). The number of benzene rings is 1. The number of phenolic OH excluding ortho intramolecular Hbond substituents is 1. The monoisotopic (exact) mass is 566 g/mol. The number of para-hydroxylation sites is 1. The van der Waals surface area contributed by atoms with Gasteiger partial charge in [-0.05, 0) is 95.8 Å². The highest BCUT2D eigenvalue weighted by atomic mass is 16.4. The maximum atomic E-state index is 13.8. The van der Waals surface area contributed by atoms with E-state index in [-0.39, 0.29) is 35.9 Å². The van der Waals surface area contributed by atoms with Gasteiger partial charge >= 0.3 is 5.97 Å². The van der Waals surface area contributed by atoms with Crippen molar-refractivity contribution in [2.75, 3.05) is 58.8 Å². The van der Waals surface area contributed by atoms with Crippen LogP contribution < -0.4 is 5.43 Å². The van der Waals surface area contributed by atoms with Crippen molar-refractivity contribution in [1.82, 2.24) is 19.6 Å². The Labute approximate surface area is 241 Å². The van der Waals surface area contributed by atoms with Crippen LogP contribution in [-0.2, 0) is 14.4 Å². The van der Waals surface area contributed by atoms with E-state index >= 15 is 0 Å². The van der Waals surface area contributed by atoms with Gasteiger partial charge in [0.15, 0.2) is 5.71 Å². The summed E-state index contributed by atoms with van der Waals surface area (Å²) in [6.45, 7) is 5.25. The molecule has 0 aromatic heterocycles. The Balaban J connectivity index is 1.36. The van der Waals surface area contributed by atoms with Crippen molar-refractivity contribution in [3.63, 3.8) is 0 Å². The molecule has 11 heteroatoms. The lowest BCUT2D eigenvalue weighted by atomic mass is 9.88. The summed E-state index contributed by atoms with van der Waals surface area (Å²) in [5.74, 6) is -1.30. The van der Waals surface area contributed by atoms with Crippen LogP contribution in [0.4, 0.5) is 5.69 Å². The Morgan fingerprint density at radius 1 is 1.00 bits per heavy atom. The number of phenols is 1. The molecular formula is C30H42N6O5. The van der Waals surface area contributed by atoms with Crippen LogP contribution in [0.2, 0.25) is 0 Å². The van der Waals surface area contributed by atoms with Gasteiger partial charge in [0.05, 0.1) is 12.2 Å². The highest BCUT2D eigenvalue weighted by molar-refractivity contribution is 6.50. The molecule has 222 valence electrons. The second kappa shape index (κ2) is 12.3. The minimum Gasteiger partial charge on any atom is -0.505 e. The van der Waals surface area contributed by atoms with E-state index in [0.29, 0.717) is 42.5 Å². The molecule has 3 N–H and O–H groups in total. The number of carbonyl (C=O) groups excluding carboxylic acids is 2. The minimum absolute atomic E-state index is 0.0215. The summed E-state index contributed by atoms with van der Waals surface area (Å²) in [5, 5.41) is 24.7. The molecule has 0 spiro atoms. The Morgan fingerprint density at radius 3 is 2.29 bits per heavy atom. The minimum atomic E-state index is -0.837. The van der Waals surface area contributed by atoms with E-state index in [0.717, 1.165) is 44.3 Å². The van der Waals surface area contributed by atoms with Crippen LogP contribution in [0.15, 0.2) is 34.4 Å². The Morgan fingerprint density at radius 2 is 1.68 bits per heavy atom. The number of hydrogen-bond donors (Lipinski definition) is 3. The van der Waals surface area contributed by atoms with E-state index in [1.807, 2.05) is 36.0 Å². The second-order valence-corrected chi connectivity index (χ2v) is 12.1. The van der Waals surface area contributed by atoms with Gasteiger partial charge in [-0.3, -0.25) is 29.6 Å². The lowest BCUT2D eigenvalue weighted by molar-refractivity contribution is -0.143. The van der Waals surface area contributed by atoms with Crippen LogP contribution in [0, 0.1) is 0 Å². The van der Waals surface area contributed by atoms with Crippen LogP contribution in [0.3, 0.4) is 0 Å². The average Bonchev–Trinajstić information content (AvgIpc) is 3.78. The van der Waals surface area contributed by atoms with Gasteiger partial charge in [-0.15, -0.1) is 0 Å². The number of likely N-dealkylation sites (tertiary alicyclic amines) is 2. The number of carbonyl (C=O) groups is 3. The fourth-order valence-corrected chi connectivity index (χ4v) is 6.42. The zero-order valence-electron chi connectivity index (χ0n) is 24.3. The first-order valence-electron chi connectivity index (χ1n) is 14.7. The quantitative estimate of drug-likeness (QED) is 0.234. The third kappa shape index (κ3) is 6.47. The first kappa shape index (κ1) is 29.2. The number of hydrazone groups is 1. The van der Waals surface area contributed by atoms with Gasteiger partial charge in [0, 0.05) is 37.3 Å². The number of aliphatic carboxylic acids is 1. The van der Waals surface area contributed by atoms with Crippen molar-refractivity contribution < 1.29 is 24.6 Å². The van der Waals surface area contributed by atoms with Crippen molar-refractivity contribution in [3.05, 3.63) is 34.9 Å². The van der Waals surface area contributed by atoms with Gasteiger partial charge in [0.25, 0.3) is 11.8 Å². The number of amides is 2. The van der Waals surface area contributed by atoms with Gasteiger partial charge in [0.2, 0.25) is 0 Å². The summed E-state index contributed by atoms with van der Waals surface area (Å²) >= 11 is 0. The number of piperidine rings is 2. The molecule has 3 fully saturated rings. The molecular weight excluding hydrogens is 524 g/mol. The number of aromatic hydroxyl groups is 1. The van der Waals surface area contributed by atoms with Crippen LogP contribution in [-0.4, -0.2) is 119 Å². The lowest BCUT2D eigenvalue weighted by Gasteiger charge is -2.40. The first-order valence-corrected chi connectivity index (χ1v) is 14.7. The fourth-order valence-electron chi connectivity index (χ4n) is 6.42. The Hall–Kier alpha value is -3.28. The van der Waals surface area contributed by atoms with Crippen molar-refractivity contribution in [2.24, 2.45) is 5.10 Å². The molecule has 1 aromatic rings. The smallest absolute Gasteiger partial charge is 0.317 e. The molecule has 3 aliphatic heterocycles. The molecule has 0 unspecified atom stereocenters. The third-order valence-corrected chi connectivity index (χ3v) is 8.85. The van der Waals surface area contributed by atoms with Gasteiger partial charge in [-0.25, -0.2) is 0 Å². The first-order chi connectivity index (χ1) is 19.6. The number of likely N-dealkylation sites (N-methyl/N-ethyl adjacent to an activating group) is 1. The third-order valence-electron chi connectivity index (χ3n) is 8.85. The molecule has 2 amide bonds. The molecule has 2 saturated heterocycles. The molecule has 3 heterocycles. The predicted octanol–water partition coefficient (Wildman–Crippen LogP) is 2.30. The van der Waals surface area contributed by atoms with E-state index in [2.05, 4.69) is 15.4 Å². The number of imide groups is 1. The number of nitrogens with zero attached hydrogens (tertiary/aromatic N) is 5. The van der Waals surface area contributed by atoms with E-state index in [9.17, 15) is 19.5 Å². The SMILES string of the molecule is CC1=C(CN(C)C)C(=O)N(C2CCN(C3CC3)CC2)C(=O)C1=NNc1cccc(C2CCN(CC(=O)O)CC2)c1O. The average molecular weight is 567 g/mol. The maximum Gasteiger partial charge on any atom is 0.317 e. The summed E-state index contributed by atoms with van der Waals surface area (Å²) in [6, 6.07) is 5.94. The van der Waals surface area contributed by atoms with Gasteiger partial charge in [0.1, 0.15) is 5.75 Å². The summed E-state index contributed by atoms with van der Waals surface area (Å²) < 4.78 is 0. The second-order valence-electron chi connectivity index (χ2n) is 12.1. The van der Waals surface area contributed by atoms with Gasteiger partial charge in [-0.2, -0.15) is 5.10 Å². The molecule has 5 rings (SSSR count). The summed E-state index contributed by atoms with van der Waals surface area (Å²) in [6.07, 6.45) is 5.48. The number of carboxylic acid groups (broad SMARTS) is 1. The summed E-state index contributed by atoms with van der Waals surface area (Å²) in [5.41, 5.74) is 5.40. The molecule has 11 nitrogen and oxygen atoms in total. The molecule has 0 atom stereocenters. The van der Waals surface area contributed by atoms with Crippen LogP contribution in [0.5, 0.6) is 5.75 Å². The van der Waals surface area contributed by atoms with Crippen molar-refractivity contribution in [3.8, 4) is 5.75 Å². The highest BCUT2D eigenvalue weighted by Crippen LogP contribution is 2.38. The topological polar surface area (TPSA) is 129 Å². The largest absolute Gasteiger partial charge is 0.505 e. The molecule has 1 aromatic carbocycles. The number of anilines is 1. The molecule has 1 saturated carbocycles. The number of rotatable bonds is 9. The zero-order valence-corrected chi connectivity index (χ0v) is 24.3. The lowest BCUT2D eigenvalue weighted by Crippen LogP contribution is -2.56. The summed E-state index contributed by atoms with van der Waals surface area (Å²) in [7, 11) is 3.79. The van der Waals surface area contributed by atoms with E-state index in [1.165, 1.54) is 17.7 Å². The van der Waals surface area contributed by atoms with E-state index in [1.54, 1.807) is 13.0 Å². The number of hydrogen-bond acceptors (Lipinski definition) is 9. The normalized spacial score (nSPS) is 23.2. The van der Waals surface area contributed by atoms with E-state index in [4.69, 9.17) is 5.11 Å². The Bertz CT molecular complexity index is 1240. The van der Waals surface area contributed by atoms with Crippen molar-refractivity contribution in [2.45, 2.75) is 63.5 Å². The molecule has 4 aliphatic rings. The van der Waals surface area contributed by atoms with Gasteiger partial charge in [-0.1, -0.05) is 12.1 Å². The van der Waals surface area contributed by atoms with Crippen molar-refractivity contribution >= 4 is 29.2 Å².